The third-order valence-electron chi connectivity index (χ3n) is 1.43. The summed E-state index contributed by atoms with van der Waals surface area (Å²) in [5, 5.41) is 9.40. The smallest absolute Gasteiger partial charge is 0.320 e. The van der Waals surface area contributed by atoms with Gasteiger partial charge in [0.1, 0.15) is 4.32 Å². The number of aliphatic carboxylic acids is 1. The van der Waals surface area contributed by atoms with Crippen LogP contribution in [0.1, 0.15) is 19.8 Å². The highest BCUT2D eigenvalue weighted by Crippen LogP contribution is 2.27. The first-order chi connectivity index (χ1) is 4.56. The average molecular weight is 274 g/mol. The van der Waals surface area contributed by atoms with Crippen LogP contribution in [0, 0.1) is 0 Å². The number of hydrogen-bond donors (Lipinski definition) is 1. The lowest BCUT2D eigenvalue weighted by Gasteiger charge is -2.18. The van der Waals surface area contributed by atoms with E-state index in [2.05, 4.69) is 31.9 Å². The highest BCUT2D eigenvalue weighted by molar-refractivity contribution is 9.10. The monoisotopic (exact) mass is 272 g/mol. The fraction of sp³-hybridized carbons (Fsp3) is 0.833. The molecule has 0 aromatic heterocycles. The van der Waals surface area contributed by atoms with Gasteiger partial charge in [0.2, 0.25) is 0 Å². The van der Waals surface area contributed by atoms with Crippen LogP contribution in [-0.4, -0.2) is 20.7 Å². The van der Waals surface area contributed by atoms with Gasteiger partial charge in [0.15, 0.2) is 0 Å². The summed E-state index contributed by atoms with van der Waals surface area (Å²) in [6.07, 6.45) is 1.22. The van der Waals surface area contributed by atoms with Gasteiger partial charge >= 0.3 is 5.97 Å². The first-order valence-corrected chi connectivity index (χ1v) is 4.96. The lowest BCUT2D eigenvalue weighted by molar-refractivity contribution is -0.139. The largest absolute Gasteiger partial charge is 0.480 e. The van der Waals surface area contributed by atoms with Gasteiger partial charge in [0.25, 0.3) is 0 Å². The summed E-state index contributed by atoms with van der Waals surface area (Å²) in [7, 11) is 0. The quantitative estimate of drug-likeness (QED) is 0.799. The summed E-state index contributed by atoms with van der Waals surface area (Å²) in [6.45, 7) is 1.85. The minimum absolute atomic E-state index is 0.605. The first kappa shape index (κ1) is 10.4. The second-order valence-corrected chi connectivity index (χ2v) is 4.37. The highest BCUT2D eigenvalue weighted by Gasteiger charge is 2.32. The molecule has 0 fully saturated rings. The van der Waals surface area contributed by atoms with Crippen molar-refractivity contribution in [2.24, 2.45) is 0 Å². The molecule has 1 unspecified atom stereocenters. The van der Waals surface area contributed by atoms with Gasteiger partial charge in [-0.15, -0.1) is 0 Å². The van der Waals surface area contributed by atoms with Gasteiger partial charge in [-0.2, -0.15) is 0 Å². The molecule has 0 spiro atoms. The summed E-state index contributed by atoms with van der Waals surface area (Å²) < 4.78 is -0.726. The van der Waals surface area contributed by atoms with E-state index < -0.39 is 10.3 Å². The molecule has 2 nitrogen and oxygen atoms in total. The Hall–Kier alpha value is 0.430. The zero-order chi connectivity index (χ0) is 8.20. The fourth-order valence-corrected chi connectivity index (χ4v) is 1.99. The predicted molar refractivity (Wildman–Crippen MR) is 48.0 cm³/mol. The van der Waals surface area contributed by atoms with Gasteiger partial charge in [-0.05, 0) is 12.8 Å². The van der Waals surface area contributed by atoms with Gasteiger partial charge < -0.3 is 5.11 Å². The molecule has 0 aliphatic carbocycles. The lowest BCUT2D eigenvalue weighted by atomic mass is 10.0. The maximum atomic E-state index is 10.6. The highest BCUT2D eigenvalue weighted by atomic mass is 79.9. The van der Waals surface area contributed by atoms with Gasteiger partial charge in [0.05, 0.1) is 0 Å². The number of rotatable bonds is 4. The maximum Gasteiger partial charge on any atom is 0.320 e. The summed E-state index contributed by atoms with van der Waals surface area (Å²) in [5.41, 5.74) is 0. The van der Waals surface area contributed by atoms with E-state index in [4.69, 9.17) is 5.11 Å². The number of hydrogen-bond acceptors (Lipinski definition) is 1. The van der Waals surface area contributed by atoms with Gasteiger partial charge in [-0.1, -0.05) is 38.8 Å². The van der Waals surface area contributed by atoms with E-state index >= 15 is 0 Å². The number of halogens is 2. The van der Waals surface area contributed by atoms with E-state index in [0.29, 0.717) is 18.2 Å². The Bertz CT molecular complexity index is 127. The Kier molecular flexibility index (Phi) is 4.52. The van der Waals surface area contributed by atoms with Crippen LogP contribution in [0.15, 0.2) is 0 Å². The van der Waals surface area contributed by atoms with E-state index in [0.717, 1.165) is 0 Å². The second kappa shape index (κ2) is 4.34. The number of carbonyl (C=O) groups is 1. The molecule has 0 aliphatic heterocycles. The SMILES string of the molecule is CCC(Br)(CCBr)C(=O)O. The van der Waals surface area contributed by atoms with E-state index in [-0.39, 0.29) is 0 Å². The van der Waals surface area contributed by atoms with Crippen LogP contribution in [0.5, 0.6) is 0 Å². The summed E-state index contributed by atoms with van der Waals surface area (Å²) in [5.74, 6) is -0.783. The maximum absolute atomic E-state index is 10.6. The third-order valence-corrected chi connectivity index (χ3v) is 3.13. The average Bonchev–Trinajstić information content (AvgIpc) is 1.88. The molecule has 0 aromatic rings. The third kappa shape index (κ3) is 2.58. The number of carboxylic acids is 1. The molecule has 0 rings (SSSR count). The first-order valence-electron chi connectivity index (χ1n) is 3.05. The lowest BCUT2D eigenvalue weighted by Crippen LogP contribution is -2.31. The number of carboxylic acid groups (broad SMARTS) is 1. The van der Waals surface area contributed by atoms with E-state index in [1.807, 2.05) is 6.92 Å². The normalized spacial score (nSPS) is 16.3. The van der Waals surface area contributed by atoms with Gasteiger partial charge in [0, 0.05) is 5.33 Å². The molecule has 1 atom stereocenters. The molecule has 0 aromatic carbocycles. The van der Waals surface area contributed by atoms with Crippen LogP contribution < -0.4 is 0 Å². The fourth-order valence-electron chi connectivity index (χ4n) is 0.585. The van der Waals surface area contributed by atoms with Gasteiger partial charge in [-0.3, -0.25) is 4.79 Å². The molecule has 0 amide bonds. The molecule has 1 N–H and O–H groups in total. The molecule has 0 bridgehead atoms. The van der Waals surface area contributed by atoms with Crippen LogP contribution in [0.3, 0.4) is 0 Å². The Morgan fingerprint density at radius 1 is 1.70 bits per heavy atom. The molecule has 4 heteroatoms. The van der Waals surface area contributed by atoms with E-state index in [1.54, 1.807) is 0 Å². The van der Waals surface area contributed by atoms with Crippen LogP contribution in [0.4, 0.5) is 0 Å². The summed E-state index contributed by atoms with van der Waals surface area (Å²) in [4.78, 5) is 10.6. The standard InChI is InChI=1S/C6H10Br2O2/c1-2-6(8,3-4-7)5(9)10/h2-4H2,1H3,(H,9,10). The van der Waals surface area contributed by atoms with Crippen LogP contribution in [-0.2, 0) is 4.79 Å². The zero-order valence-electron chi connectivity index (χ0n) is 5.73. The molecular weight excluding hydrogens is 264 g/mol. The van der Waals surface area contributed by atoms with Crippen LogP contribution in [0.25, 0.3) is 0 Å². The van der Waals surface area contributed by atoms with Crippen molar-refractivity contribution in [2.75, 3.05) is 5.33 Å². The Morgan fingerprint density at radius 2 is 2.20 bits per heavy atom. The summed E-state index contributed by atoms with van der Waals surface area (Å²) >= 11 is 6.38. The second-order valence-electron chi connectivity index (χ2n) is 2.06. The molecule has 0 saturated heterocycles. The Balaban J connectivity index is 4.08. The molecule has 60 valence electrons. The van der Waals surface area contributed by atoms with Crippen molar-refractivity contribution in [1.29, 1.82) is 0 Å². The number of alkyl halides is 2. The van der Waals surface area contributed by atoms with Crippen molar-refractivity contribution >= 4 is 37.8 Å². The van der Waals surface area contributed by atoms with Crippen molar-refractivity contribution in [2.45, 2.75) is 24.1 Å². The topological polar surface area (TPSA) is 37.3 Å². The van der Waals surface area contributed by atoms with Crippen molar-refractivity contribution in [3.05, 3.63) is 0 Å². The Morgan fingerprint density at radius 3 is 2.30 bits per heavy atom. The minimum atomic E-state index is -0.783. The molecule has 0 radical (unpaired) electrons. The molecule has 0 aliphatic rings. The summed E-state index contributed by atoms with van der Waals surface area (Å²) in [6, 6.07) is 0. The molecule has 0 saturated carbocycles. The van der Waals surface area contributed by atoms with Crippen LogP contribution in [0.2, 0.25) is 0 Å². The van der Waals surface area contributed by atoms with Crippen molar-refractivity contribution < 1.29 is 9.90 Å². The predicted octanol–water partition coefficient (Wildman–Crippen LogP) is 2.40. The molecule has 10 heavy (non-hydrogen) atoms. The minimum Gasteiger partial charge on any atom is -0.480 e. The van der Waals surface area contributed by atoms with Crippen molar-refractivity contribution in [1.82, 2.24) is 0 Å². The van der Waals surface area contributed by atoms with Crippen molar-refractivity contribution in [3.63, 3.8) is 0 Å². The Labute approximate surface area is 77.3 Å². The molecular formula is C6H10Br2O2. The van der Waals surface area contributed by atoms with E-state index in [9.17, 15) is 4.79 Å². The zero-order valence-corrected chi connectivity index (χ0v) is 8.90. The van der Waals surface area contributed by atoms with Gasteiger partial charge in [-0.25, -0.2) is 0 Å². The van der Waals surface area contributed by atoms with E-state index in [1.165, 1.54) is 0 Å². The van der Waals surface area contributed by atoms with Crippen LogP contribution >= 0.6 is 31.9 Å². The molecule has 0 heterocycles. The van der Waals surface area contributed by atoms with Crippen molar-refractivity contribution in [3.8, 4) is 0 Å².